The molecule has 0 atom stereocenters. The van der Waals surface area contributed by atoms with Crippen molar-refractivity contribution in [3.05, 3.63) is 41.3 Å². The third-order valence-electron chi connectivity index (χ3n) is 2.92. The Hall–Kier alpha value is -1.09. The fourth-order valence-electron chi connectivity index (χ4n) is 2.11. The lowest BCUT2D eigenvalue weighted by atomic mass is 10.1. The largest absolute Gasteiger partial charge is 0.377 e. The van der Waals surface area contributed by atoms with Crippen LogP contribution in [-0.2, 0) is 20.0 Å². The molecule has 1 N–H and O–H groups in total. The zero-order valence-electron chi connectivity index (χ0n) is 11.4. The third-order valence-corrected chi connectivity index (χ3v) is 5.01. The van der Waals surface area contributed by atoms with Crippen LogP contribution in [0, 0.1) is 0 Å². The molecular formula is C14H20NO3P. The number of hydrogen-bond donors (Lipinski definition) is 1. The zero-order chi connectivity index (χ0) is 13.7. The monoisotopic (exact) mass is 281 g/mol. The molecule has 0 saturated heterocycles. The van der Waals surface area contributed by atoms with Gasteiger partial charge in [0.05, 0.1) is 13.2 Å². The van der Waals surface area contributed by atoms with E-state index in [4.69, 9.17) is 9.05 Å². The molecule has 0 radical (unpaired) electrons. The summed E-state index contributed by atoms with van der Waals surface area (Å²) >= 11 is 0. The van der Waals surface area contributed by atoms with Gasteiger partial charge in [0.15, 0.2) is 0 Å². The van der Waals surface area contributed by atoms with Crippen molar-refractivity contribution in [1.29, 1.82) is 0 Å². The van der Waals surface area contributed by atoms with E-state index in [1.807, 2.05) is 38.1 Å². The van der Waals surface area contributed by atoms with Gasteiger partial charge in [-0.15, -0.1) is 0 Å². The summed E-state index contributed by atoms with van der Waals surface area (Å²) in [6, 6.07) is 8.03. The van der Waals surface area contributed by atoms with Crippen molar-refractivity contribution in [3.8, 4) is 0 Å². The molecule has 1 aliphatic rings. The van der Waals surface area contributed by atoms with E-state index >= 15 is 0 Å². The van der Waals surface area contributed by atoms with Crippen molar-refractivity contribution in [2.45, 2.75) is 26.7 Å². The zero-order valence-corrected chi connectivity index (χ0v) is 12.3. The highest BCUT2D eigenvalue weighted by Gasteiger charge is 2.30. The molecule has 0 saturated carbocycles. The lowest BCUT2D eigenvalue weighted by Crippen LogP contribution is -2.06. The summed E-state index contributed by atoms with van der Waals surface area (Å²) in [5, 5.41) is 3.22. The molecule has 1 aliphatic heterocycles. The number of allylic oxidation sites excluding steroid dienone is 1. The number of fused-ring (bicyclic) bond motifs is 1. The van der Waals surface area contributed by atoms with E-state index < -0.39 is 7.60 Å². The summed E-state index contributed by atoms with van der Waals surface area (Å²) in [6.45, 7) is 4.35. The van der Waals surface area contributed by atoms with Crippen LogP contribution in [0.15, 0.2) is 35.8 Å². The fraction of sp³-hybridized carbons (Fsp3) is 0.429. The van der Waals surface area contributed by atoms with Crippen molar-refractivity contribution in [3.63, 3.8) is 0 Å². The first-order chi connectivity index (χ1) is 9.19. The van der Waals surface area contributed by atoms with E-state index in [1.165, 1.54) is 5.56 Å². The van der Waals surface area contributed by atoms with E-state index in [0.29, 0.717) is 18.7 Å². The summed E-state index contributed by atoms with van der Waals surface area (Å²) in [7, 11) is -3.23. The van der Waals surface area contributed by atoms with Gasteiger partial charge in [-0.1, -0.05) is 24.3 Å². The highest BCUT2D eigenvalue weighted by molar-refractivity contribution is 7.58. The first-order valence-electron chi connectivity index (χ1n) is 6.64. The van der Waals surface area contributed by atoms with Crippen LogP contribution in [0.3, 0.4) is 0 Å². The molecule has 0 bridgehead atoms. The highest BCUT2D eigenvalue weighted by Crippen LogP contribution is 2.56. The molecule has 0 aliphatic carbocycles. The van der Waals surface area contributed by atoms with E-state index in [9.17, 15) is 4.57 Å². The molecule has 2 rings (SSSR count). The predicted octanol–water partition coefficient (Wildman–Crippen LogP) is 4.15. The van der Waals surface area contributed by atoms with Gasteiger partial charge in [-0.3, -0.25) is 4.57 Å². The van der Waals surface area contributed by atoms with Gasteiger partial charge in [0.2, 0.25) is 0 Å². The number of para-hydroxylation sites is 1. The molecule has 1 aromatic rings. The minimum Gasteiger partial charge on any atom is -0.349 e. The maximum absolute atomic E-state index is 12.8. The van der Waals surface area contributed by atoms with Gasteiger partial charge in [0, 0.05) is 5.69 Å². The van der Waals surface area contributed by atoms with E-state index in [1.54, 1.807) is 0 Å². The average Bonchev–Trinajstić information content (AvgIpc) is 2.61. The minimum atomic E-state index is -3.23. The van der Waals surface area contributed by atoms with Crippen molar-refractivity contribution < 1.29 is 13.6 Å². The van der Waals surface area contributed by atoms with Crippen LogP contribution in [0.25, 0.3) is 0 Å². The van der Waals surface area contributed by atoms with Crippen molar-refractivity contribution in [2.75, 3.05) is 18.5 Å². The van der Waals surface area contributed by atoms with Crippen LogP contribution >= 0.6 is 7.60 Å². The first kappa shape index (κ1) is 14.3. The lowest BCUT2D eigenvalue weighted by molar-refractivity contribution is 0.226. The molecule has 4 nitrogen and oxygen atoms in total. The average molecular weight is 281 g/mol. The van der Waals surface area contributed by atoms with Gasteiger partial charge in [-0.25, -0.2) is 0 Å². The summed E-state index contributed by atoms with van der Waals surface area (Å²) in [5.41, 5.74) is 2.75. The Morgan fingerprint density at radius 1 is 1.21 bits per heavy atom. The van der Waals surface area contributed by atoms with E-state index in [0.717, 1.165) is 18.5 Å². The first-order valence-corrected chi connectivity index (χ1v) is 8.18. The molecule has 0 unspecified atom stereocenters. The maximum atomic E-state index is 12.8. The molecule has 0 fully saturated rings. The Balaban J connectivity index is 2.29. The molecular weight excluding hydrogens is 261 g/mol. The summed E-state index contributed by atoms with van der Waals surface area (Å²) in [6.07, 6.45) is 3.67. The molecule has 0 spiro atoms. The van der Waals surface area contributed by atoms with Crippen LogP contribution in [0.1, 0.15) is 25.8 Å². The predicted molar refractivity (Wildman–Crippen MR) is 77.3 cm³/mol. The normalized spacial score (nSPS) is 15.2. The highest BCUT2D eigenvalue weighted by atomic mass is 31.2. The number of benzene rings is 1. The summed E-state index contributed by atoms with van der Waals surface area (Å²) in [4.78, 5) is 0. The Morgan fingerprint density at radius 2 is 1.89 bits per heavy atom. The number of aryl methyl sites for hydroxylation is 1. The van der Waals surface area contributed by atoms with Crippen LogP contribution in [0.5, 0.6) is 0 Å². The van der Waals surface area contributed by atoms with Gasteiger partial charge in [-0.2, -0.15) is 0 Å². The Bertz CT molecular complexity index is 503. The van der Waals surface area contributed by atoms with E-state index in [-0.39, 0.29) is 0 Å². The Labute approximate surface area is 114 Å². The van der Waals surface area contributed by atoms with Gasteiger partial charge < -0.3 is 14.4 Å². The summed E-state index contributed by atoms with van der Waals surface area (Å²) in [5.74, 6) is 0. The van der Waals surface area contributed by atoms with Crippen LogP contribution in [0.4, 0.5) is 5.69 Å². The topological polar surface area (TPSA) is 47.6 Å². The SMILES string of the molecule is CCOP(=O)(OCC)C1=CCCc2ccccc2N1. The molecule has 5 heteroatoms. The van der Waals surface area contributed by atoms with Crippen molar-refractivity contribution in [1.82, 2.24) is 0 Å². The second-order valence-corrected chi connectivity index (χ2v) is 6.24. The molecule has 0 aromatic heterocycles. The van der Waals surface area contributed by atoms with E-state index in [2.05, 4.69) is 11.4 Å². The van der Waals surface area contributed by atoms with Gasteiger partial charge in [0.1, 0.15) is 5.44 Å². The number of anilines is 1. The van der Waals surface area contributed by atoms with Crippen molar-refractivity contribution >= 4 is 13.3 Å². The quantitative estimate of drug-likeness (QED) is 0.823. The molecule has 19 heavy (non-hydrogen) atoms. The second-order valence-electron chi connectivity index (χ2n) is 4.24. The Morgan fingerprint density at radius 3 is 2.58 bits per heavy atom. The number of rotatable bonds is 5. The van der Waals surface area contributed by atoms with Gasteiger partial charge >= 0.3 is 7.60 Å². The smallest absolute Gasteiger partial charge is 0.349 e. The summed E-state index contributed by atoms with van der Waals surface area (Å²) < 4.78 is 23.5. The Kier molecular flexibility index (Phi) is 4.81. The molecule has 0 amide bonds. The molecule has 1 heterocycles. The van der Waals surface area contributed by atoms with Crippen LogP contribution in [0.2, 0.25) is 0 Å². The van der Waals surface area contributed by atoms with Gasteiger partial charge in [-0.05, 0) is 38.3 Å². The van der Waals surface area contributed by atoms with Gasteiger partial charge in [0.25, 0.3) is 0 Å². The van der Waals surface area contributed by atoms with Crippen LogP contribution < -0.4 is 5.32 Å². The second kappa shape index (κ2) is 6.38. The standard InChI is InChI=1S/C14H20NO3P/c1-3-17-19(16,18-4-2)14-11-7-9-12-8-5-6-10-13(12)15-14/h5-6,8,10-11,15H,3-4,7,9H2,1-2H3. The molecule has 104 valence electrons. The minimum absolute atomic E-state index is 0.359. The van der Waals surface area contributed by atoms with Crippen LogP contribution in [-0.4, -0.2) is 13.2 Å². The maximum Gasteiger partial charge on any atom is 0.377 e. The molecule has 1 aromatic carbocycles. The third kappa shape index (κ3) is 3.27. The number of hydrogen-bond acceptors (Lipinski definition) is 4. The van der Waals surface area contributed by atoms with Crippen molar-refractivity contribution in [2.24, 2.45) is 0 Å². The fourth-order valence-corrected chi connectivity index (χ4v) is 3.75. The number of nitrogens with one attached hydrogen (secondary N) is 1. The lowest BCUT2D eigenvalue weighted by Gasteiger charge is -2.21.